The molecule has 0 fully saturated rings. The van der Waals surface area contributed by atoms with Gasteiger partial charge in [0.1, 0.15) is 11.3 Å². The molecule has 5 heterocycles. The normalized spacial score (nSPS) is 14.0. The van der Waals surface area contributed by atoms with Crippen molar-refractivity contribution in [3.63, 3.8) is 0 Å². The molecule has 0 aliphatic carbocycles. The molecule has 0 aliphatic heterocycles. The molecule has 1 atom stereocenters. The first-order valence-electron chi connectivity index (χ1n) is 10.2. The molecule has 0 aliphatic rings. The molecule has 2 N–H and O–H groups in total. The Hall–Kier alpha value is -3.85. The average Bonchev–Trinajstić information content (AvgIpc) is 3.51. The maximum absolute atomic E-state index is 11.8. The number of hydrogen-bond donors (Lipinski definition) is 2. The van der Waals surface area contributed by atoms with Gasteiger partial charge in [-0.3, -0.25) is 4.68 Å². The Bertz CT molecular complexity index is 1390. The zero-order valence-corrected chi connectivity index (χ0v) is 18.2. The number of aryl methyl sites for hydroxylation is 1. The van der Waals surface area contributed by atoms with Crippen molar-refractivity contribution in [3.05, 3.63) is 66.7 Å². The van der Waals surface area contributed by atoms with Crippen molar-refractivity contribution in [2.24, 2.45) is 12.5 Å². The third-order valence-corrected chi connectivity index (χ3v) is 5.80. The van der Waals surface area contributed by atoms with Gasteiger partial charge < -0.3 is 14.6 Å². The summed E-state index contributed by atoms with van der Waals surface area (Å²) in [5, 5.41) is 29.0. The molecule has 32 heavy (non-hydrogen) atoms. The third-order valence-electron chi connectivity index (χ3n) is 5.80. The summed E-state index contributed by atoms with van der Waals surface area (Å²) >= 11 is 0. The van der Waals surface area contributed by atoms with E-state index in [0.717, 1.165) is 27.7 Å². The Morgan fingerprint density at radius 1 is 1.06 bits per heavy atom. The first-order chi connectivity index (χ1) is 15.3. The van der Waals surface area contributed by atoms with Gasteiger partial charge in [0.2, 0.25) is 0 Å². The lowest BCUT2D eigenvalue weighted by Crippen LogP contribution is -2.41. The number of aromatic amines is 1. The van der Waals surface area contributed by atoms with Crippen LogP contribution in [0.4, 0.5) is 0 Å². The Balaban J connectivity index is 1.61. The predicted molar refractivity (Wildman–Crippen MR) is 118 cm³/mol. The predicted octanol–water partition coefficient (Wildman–Crippen LogP) is 3.69. The van der Waals surface area contributed by atoms with Gasteiger partial charge >= 0.3 is 0 Å². The number of aromatic nitrogens is 7. The molecule has 0 spiro atoms. The van der Waals surface area contributed by atoms with Crippen LogP contribution in [-0.4, -0.2) is 40.2 Å². The maximum atomic E-state index is 11.8. The molecule has 0 aromatic carbocycles. The Morgan fingerprint density at radius 3 is 2.59 bits per heavy atom. The van der Waals surface area contributed by atoms with Crippen molar-refractivity contribution >= 4 is 11.0 Å². The van der Waals surface area contributed by atoms with Crippen molar-refractivity contribution in [1.82, 2.24) is 35.1 Å². The quantitative estimate of drug-likeness (QED) is 0.447. The third kappa shape index (κ3) is 3.09. The molecule has 0 saturated carbocycles. The molecule has 1 unspecified atom stereocenters. The Morgan fingerprint density at radius 2 is 1.91 bits per heavy atom. The largest absolute Gasteiger partial charge is 0.376 e. The van der Waals surface area contributed by atoms with Crippen LogP contribution in [0.3, 0.4) is 0 Å². The number of H-pyrrole nitrogens is 1. The summed E-state index contributed by atoms with van der Waals surface area (Å²) in [5.41, 5.74) is 2.63. The number of rotatable bonds is 4. The molecule has 0 saturated heterocycles. The van der Waals surface area contributed by atoms with Gasteiger partial charge in [-0.15, -0.1) is 0 Å². The minimum atomic E-state index is -1.45. The number of aliphatic hydroxyl groups is 1. The van der Waals surface area contributed by atoms with Crippen LogP contribution in [0, 0.1) is 5.41 Å². The standard InChI is InChI=1S/C23H23N7O2/c1-22(2,3)23(31,16-5-6-26-27-11-16)20-8-19(29-32-20)18-12-25-21-17(18)7-14(9-24-21)15-10-28-30(4)13-15/h5-13,31H,1-4H3,(H,24,25). The lowest BCUT2D eigenvalue weighted by Gasteiger charge is -2.38. The van der Waals surface area contributed by atoms with Gasteiger partial charge in [-0.05, 0) is 12.1 Å². The summed E-state index contributed by atoms with van der Waals surface area (Å²) in [6, 6.07) is 5.55. The Kier molecular flexibility index (Phi) is 4.45. The van der Waals surface area contributed by atoms with Gasteiger partial charge in [-0.1, -0.05) is 25.9 Å². The van der Waals surface area contributed by atoms with E-state index in [1.54, 1.807) is 35.4 Å². The van der Waals surface area contributed by atoms with Crippen LogP contribution < -0.4 is 0 Å². The van der Waals surface area contributed by atoms with Gasteiger partial charge in [0, 0.05) is 71.0 Å². The van der Waals surface area contributed by atoms with Crippen molar-refractivity contribution in [2.45, 2.75) is 26.4 Å². The van der Waals surface area contributed by atoms with Gasteiger partial charge in [0.05, 0.1) is 12.4 Å². The number of hydrogen-bond acceptors (Lipinski definition) is 7. The summed E-state index contributed by atoms with van der Waals surface area (Å²) in [7, 11) is 1.88. The van der Waals surface area contributed by atoms with Crippen LogP contribution in [0.25, 0.3) is 33.4 Å². The highest BCUT2D eigenvalue weighted by Gasteiger charge is 2.47. The van der Waals surface area contributed by atoms with Crippen LogP contribution >= 0.6 is 0 Å². The lowest BCUT2D eigenvalue weighted by molar-refractivity contribution is -0.0472. The van der Waals surface area contributed by atoms with Gasteiger partial charge in [-0.2, -0.15) is 15.3 Å². The molecule has 0 bridgehead atoms. The molecule has 9 heteroatoms. The second kappa shape index (κ2) is 7.10. The van der Waals surface area contributed by atoms with Crippen LogP contribution in [0.2, 0.25) is 0 Å². The molecule has 5 rings (SSSR count). The van der Waals surface area contributed by atoms with E-state index in [2.05, 4.69) is 30.4 Å². The second-order valence-electron chi connectivity index (χ2n) is 8.89. The highest BCUT2D eigenvalue weighted by molar-refractivity contribution is 5.94. The van der Waals surface area contributed by atoms with E-state index in [1.165, 1.54) is 0 Å². The van der Waals surface area contributed by atoms with Crippen LogP contribution in [0.5, 0.6) is 0 Å². The van der Waals surface area contributed by atoms with Crippen LogP contribution in [0.1, 0.15) is 32.1 Å². The molecule has 5 aromatic heterocycles. The summed E-state index contributed by atoms with van der Waals surface area (Å²) in [6.45, 7) is 5.81. The topological polar surface area (TPSA) is 119 Å². The lowest BCUT2D eigenvalue weighted by atomic mass is 9.71. The van der Waals surface area contributed by atoms with Crippen LogP contribution in [0.15, 0.2) is 59.9 Å². The highest BCUT2D eigenvalue weighted by atomic mass is 16.5. The molecule has 9 nitrogen and oxygen atoms in total. The monoisotopic (exact) mass is 429 g/mol. The summed E-state index contributed by atoms with van der Waals surface area (Å²) < 4.78 is 7.46. The van der Waals surface area contributed by atoms with E-state index < -0.39 is 11.0 Å². The summed E-state index contributed by atoms with van der Waals surface area (Å²) in [6.07, 6.45) is 10.5. The fourth-order valence-electron chi connectivity index (χ4n) is 3.97. The SMILES string of the molecule is Cn1cc(-c2cnc3[nH]cc(-c4cc(C(O)(c5ccnnc5)C(C)(C)C)on4)c3c2)cn1. The molecule has 5 aromatic rings. The highest BCUT2D eigenvalue weighted by Crippen LogP contribution is 2.45. The fourth-order valence-corrected chi connectivity index (χ4v) is 3.97. The van der Waals surface area contributed by atoms with E-state index in [1.807, 2.05) is 52.5 Å². The Labute approximate surface area is 184 Å². The van der Waals surface area contributed by atoms with E-state index in [4.69, 9.17) is 4.52 Å². The molecule has 0 radical (unpaired) electrons. The van der Waals surface area contributed by atoms with E-state index >= 15 is 0 Å². The van der Waals surface area contributed by atoms with Gasteiger partial charge in [0.25, 0.3) is 0 Å². The maximum Gasteiger partial charge on any atom is 0.174 e. The van der Waals surface area contributed by atoms with Crippen LogP contribution in [-0.2, 0) is 12.6 Å². The average molecular weight is 429 g/mol. The zero-order valence-electron chi connectivity index (χ0n) is 18.2. The number of pyridine rings is 1. The molecular weight excluding hydrogens is 406 g/mol. The minimum absolute atomic E-state index is 0.332. The van der Waals surface area contributed by atoms with Crippen molar-refractivity contribution in [1.29, 1.82) is 0 Å². The van der Waals surface area contributed by atoms with E-state index in [9.17, 15) is 5.11 Å². The number of nitrogens with zero attached hydrogens (tertiary/aromatic N) is 6. The summed E-state index contributed by atoms with van der Waals surface area (Å²) in [4.78, 5) is 7.73. The smallest absolute Gasteiger partial charge is 0.174 e. The van der Waals surface area contributed by atoms with Gasteiger partial charge in [-0.25, -0.2) is 4.98 Å². The number of nitrogens with one attached hydrogen (secondary N) is 1. The zero-order chi connectivity index (χ0) is 22.5. The van der Waals surface area contributed by atoms with Crippen molar-refractivity contribution < 1.29 is 9.63 Å². The van der Waals surface area contributed by atoms with E-state index in [-0.39, 0.29) is 0 Å². The molecule has 0 amide bonds. The van der Waals surface area contributed by atoms with Crippen molar-refractivity contribution in [2.75, 3.05) is 0 Å². The number of fused-ring (bicyclic) bond motifs is 1. The fraction of sp³-hybridized carbons (Fsp3) is 0.261. The minimum Gasteiger partial charge on any atom is -0.376 e. The molecular formula is C23H23N7O2. The van der Waals surface area contributed by atoms with Crippen molar-refractivity contribution in [3.8, 4) is 22.4 Å². The second-order valence-corrected chi connectivity index (χ2v) is 8.89. The first-order valence-corrected chi connectivity index (χ1v) is 10.2. The summed E-state index contributed by atoms with van der Waals surface area (Å²) in [5.74, 6) is 0.332. The van der Waals surface area contributed by atoms with E-state index in [0.29, 0.717) is 17.0 Å². The molecule has 162 valence electrons. The van der Waals surface area contributed by atoms with Gasteiger partial charge in [0.15, 0.2) is 11.4 Å². The first kappa shape index (κ1) is 20.1.